The maximum Gasteiger partial charge on any atom is 0.239 e. The minimum atomic E-state index is -0.274. The van der Waals surface area contributed by atoms with Gasteiger partial charge in [-0.2, -0.15) is 0 Å². The lowest BCUT2D eigenvalue weighted by Crippen LogP contribution is -2.46. The van der Waals surface area contributed by atoms with Gasteiger partial charge in [0.05, 0.1) is 38.5 Å². The number of hydrogen-bond acceptors (Lipinski definition) is 14. The number of hydrogen-bond donors (Lipinski definition) is 2. The molecule has 8 rings (SSSR count). The number of anilines is 2. The Morgan fingerprint density at radius 2 is 1.06 bits per heavy atom. The average Bonchev–Trinajstić information content (AvgIpc) is 3.89. The van der Waals surface area contributed by atoms with Crippen LogP contribution in [-0.4, -0.2) is 118 Å². The van der Waals surface area contributed by atoms with Crippen molar-refractivity contribution in [3.8, 4) is 34.5 Å². The van der Waals surface area contributed by atoms with Crippen LogP contribution in [-0.2, 0) is 44.7 Å². The molecule has 0 saturated carbocycles. The first-order valence-electron chi connectivity index (χ1n) is 21.7. The van der Waals surface area contributed by atoms with Gasteiger partial charge in [0, 0.05) is 72.2 Å². The first kappa shape index (κ1) is 44.6. The van der Waals surface area contributed by atoms with Crippen LogP contribution in [0.25, 0.3) is 23.0 Å². The summed E-state index contributed by atoms with van der Waals surface area (Å²) in [5, 5.41) is 6.02. The third-order valence-electron chi connectivity index (χ3n) is 10.9. The van der Waals surface area contributed by atoms with Gasteiger partial charge in [0.15, 0.2) is 11.6 Å². The van der Waals surface area contributed by atoms with Gasteiger partial charge >= 0.3 is 0 Å². The molecule has 4 aliphatic rings. The Kier molecular flexibility index (Phi) is 13.3. The number of pyridine rings is 2. The lowest BCUT2D eigenvalue weighted by atomic mass is 10.1. The van der Waals surface area contributed by atoms with Crippen molar-refractivity contribution in [2.45, 2.75) is 129 Å². The van der Waals surface area contributed by atoms with E-state index in [1.807, 2.05) is 104 Å². The van der Waals surface area contributed by atoms with Crippen LogP contribution in [0.3, 0.4) is 0 Å². The molecule has 16 heteroatoms. The Bertz CT molecular complexity index is 2100. The van der Waals surface area contributed by atoms with Crippen molar-refractivity contribution < 1.29 is 28.5 Å². The summed E-state index contributed by atoms with van der Waals surface area (Å²) in [7, 11) is 3.80. The summed E-state index contributed by atoms with van der Waals surface area (Å²) in [5.74, 6) is 4.11. The van der Waals surface area contributed by atoms with E-state index in [0.29, 0.717) is 36.3 Å². The summed E-state index contributed by atoms with van der Waals surface area (Å²) in [6.07, 6.45) is 9.46. The third-order valence-corrected chi connectivity index (χ3v) is 10.9. The second-order valence-electron chi connectivity index (χ2n) is 18.8. The van der Waals surface area contributed by atoms with Gasteiger partial charge in [-0.1, -0.05) is 0 Å². The molecular weight excluding hydrogens is 789 g/mol. The maximum absolute atomic E-state index is 12.5. The number of nitrogens with zero attached hydrogens (tertiary/aromatic N) is 8. The highest BCUT2D eigenvalue weighted by Gasteiger charge is 2.32. The molecule has 0 spiro atoms. The van der Waals surface area contributed by atoms with E-state index in [4.69, 9.17) is 38.9 Å². The first-order valence-corrected chi connectivity index (χ1v) is 21.7. The summed E-state index contributed by atoms with van der Waals surface area (Å²) >= 11 is 0. The molecule has 2 N–H and O–H groups in total. The van der Waals surface area contributed by atoms with Crippen LogP contribution in [0.4, 0.5) is 11.6 Å². The van der Waals surface area contributed by atoms with Crippen molar-refractivity contribution in [2.75, 3.05) is 50.2 Å². The quantitative estimate of drug-likeness (QED) is 0.193. The fraction of sp³-hybridized carbons (Fsp3) is 0.565. The number of nitrogens with one attached hydrogen (secondary N) is 2. The molecule has 2 amide bonds. The van der Waals surface area contributed by atoms with E-state index >= 15 is 0 Å². The largest absolute Gasteiger partial charge is 0.485 e. The van der Waals surface area contributed by atoms with E-state index in [1.54, 1.807) is 12.4 Å². The molecule has 2 fully saturated rings. The molecule has 4 aromatic rings. The lowest BCUT2D eigenvalue weighted by molar-refractivity contribution is -0.139. The average molecular weight is 851 g/mol. The van der Waals surface area contributed by atoms with Gasteiger partial charge < -0.3 is 39.4 Å². The molecule has 0 radical (unpaired) electrons. The van der Waals surface area contributed by atoms with Crippen molar-refractivity contribution in [3.63, 3.8) is 0 Å². The first-order chi connectivity index (χ1) is 29.4. The zero-order valence-electron chi connectivity index (χ0n) is 37.9. The van der Waals surface area contributed by atoms with E-state index in [0.717, 1.165) is 84.2 Å². The van der Waals surface area contributed by atoms with E-state index in [-0.39, 0.29) is 60.4 Å². The van der Waals surface area contributed by atoms with Crippen LogP contribution < -0.4 is 29.9 Å². The normalized spacial score (nSPS) is 20.0. The number of amides is 2. The lowest BCUT2D eigenvalue weighted by Gasteiger charge is -2.34. The molecule has 2 aliphatic carbocycles. The van der Waals surface area contributed by atoms with Gasteiger partial charge in [0.25, 0.3) is 0 Å². The minimum absolute atomic E-state index is 0.0349. The smallest absolute Gasteiger partial charge is 0.239 e. The summed E-state index contributed by atoms with van der Waals surface area (Å²) in [6, 6.07) is 7.42. The van der Waals surface area contributed by atoms with Crippen molar-refractivity contribution >= 4 is 23.5 Å². The van der Waals surface area contributed by atoms with E-state index < -0.39 is 0 Å². The highest BCUT2D eigenvalue weighted by atomic mass is 16.6. The number of aromatic nitrogens is 6. The number of rotatable bonds is 12. The van der Waals surface area contributed by atoms with Crippen molar-refractivity contribution in [2.24, 2.45) is 0 Å². The molecule has 2 saturated heterocycles. The van der Waals surface area contributed by atoms with Crippen LogP contribution in [0.15, 0.2) is 36.7 Å². The molecule has 2 aliphatic heterocycles. The van der Waals surface area contributed by atoms with Gasteiger partial charge in [-0.25, -0.2) is 19.9 Å². The number of carbonyl (C=O) groups excluding carboxylic acids is 2. The van der Waals surface area contributed by atoms with E-state index in [2.05, 4.69) is 20.6 Å². The number of carbonyl (C=O) groups is 2. The Hall–Kier alpha value is -5.48. The van der Waals surface area contributed by atoms with Crippen LogP contribution in [0.2, 0.25) is 0 Å². The second-order valence-corrected chi connectivity index (χ2v) is 18.8. The van der Waals surface area contributed by atoms with Crippen molar-refractivity contribution in [1.29, 1.82) is 0 Å². The molecule has 4 atom stereocenters. The Labute approximate surface area is 365 Å². The monoisotopic (exact) mass is 850 g/mol. The zero-order chi connectivity index (χ0) is 44.3. The van der Waals surface area contributed by atoms with Crippen LogP contribution in [0.1, 0.15) is 90.7 Å². The number of fused-ring (bicyclic) bond motifs is 2. The van der Waals surface area contributed by atoms with Crippen molar-refractivity contribution in [3.05, 3.63) is 59.2 Å². The topological polar surface area (TPSA) is 179 Å². The Balaban J connectivity index is 0.000000186. The zero-order valence-corrected chi connectivity index (χ0v) is 37.9. The standard InChI is InChI=1S/2C23H31N5O3/c2*1-14-19(13-30-14)31-15-9-10-24-18(11-15)21-25-17-8-6-7-16(17)22(26-21)28(5)12-20(29)27-23(2,3)4/h2*9-11,14,19H,6-8,12-13H2,1-5H3,(H,27,29)/t14-,19+;14-,19-/m10/s1. The number of aryl methyl sites for hydroxylation is 2. The Morgan fingerprint density at radius 1 is 0.661 bits per heavy atom. The van der Waals surface area contributed by atoms with Crippen LogP contribution >= 0.6 is 0 Å². The van der Waals surface area contributed by atoms with Gasteiger partial charge in [0.2, 0.25) is 11.8 Å². The second kappa shape index (κ2) is 18.5. The van der Waals surface area contributed by atoms with E-state index in [1.165, 1.54) is 0 Å². The predicted molar refractivity (Wildman–Crippen MR) is 237 cm³/mol. The van der Waals surface area contributed by atoms with Gasteiger partial charge in [0.1, 0.15) is 46.7 Å². The molecule has 62 heavy (non-hydrogen) atoms. The third kappa shape index (κ3) is 11.1. The fourth-order valence-electron chi connectivity index (χ4n) is 7.74. The molecule has 0 bridgehead atoms. The summed E-state index contributed by atoms with van der Waals surface area (Å²) < 4.78 is 22.8. The summed E-state index contributed by atoms with van der Waals surface area (Å²) in [4.78, 5) is 57.0. The molecule has 332 valence electrons. The SMILES string of the molecule is C[C@@H]1OC[C@@H]1Oc1ccnc(-c2nc3c(c(N(C)CC(=O)NC(C)(C)C)n2)CCC3)c1.C[C@H]1OC[C@@H]1Oc1ccnc(-c2nc3c(c(N(C)CC(=O)NC(C)(C)C)n2)CCC3)c1. The molecule has 6 heterocycles. The van der Waals surface area contributed by atoms with Gasteiger partial charge in [-0.15, -0.1) is 0 Å². The molecule has 0 aromatic carbocycles. The Morgan fingerprint density at radius 3 is 1.40 bits per heavy atom. The van der Waals surface area contributed by atoms with Gasteiger partial charge in [-0.3, -0.25) is 19.6 Å². The molecule has 16 nitrogen and oxygen atoms in total. The summed E-state index contributed by atoms with van der Waals surface area (Å²) in [5.41, 5.74) is 5.11. The van der Waals surface area contributed by atoms with Gasteiger partial charge in [-0.05, 0) is 106 Å². The van der Waals surface area contributed by atoms with Crippen LogP contribution in [0.5, 0.6) is 11.5 Å². The minimum Gasteiger partial charge on any atom is -0.485 e. The highest BCUT2D eigenvalue weighted by molar-refractivity contribution is 5.82. The molecule has 4 aromatic heterocycles. The predicted octanol–water partition coefficient (Wildman–Crippen LogP) is 5.09. The van der Waals surface area contributed by atoms with Crippen molar-refractivity contribution in [1.82, 2.24) is 40.5 Å². The van der Waals surface area contributed by atoms with E-state index in [9.17, 15) is 9.59 Å². The highest BCUT2D eigenvalue weighted by Crippen LogP contribution is 2.33. The fourth-order valence-corrected chi connectivity index (χ4v) is 7.74. The summed E-state index contributed by atoms with van der Waals surface area (Å²) in [6.45, 7) is 17.5. The number of likely N-dealkylation sites (N-methyl/N-ethyl adjacent to an activating group) is 2. The molecule has 0 unspecified atom stereocenters. The maximum atomic E-state index is 12.5. The number of ether oxygens (including phenoxy) is 4. The molecular formula is C46H62N10O6. The van der Waals surface area contributed by atoms with Crippen LogP contribution in [0, 0.1) is 0 Å².